The Morgan fingerprint density at radius 1 is 0.581 bits per heavy atom. The molecule has 0 heterocycles. The van der Waals surface area contributed by atoms with Crippen LogP contribution in [0, 0.1) is 0 Å². The van der Waals surface area contributed by atoms with Gasteiger partial charge in [-0.2, -0.15) is 0 Å². The molecule has 31 heavy (non-hydrogen) atoms. The van der Waals surface area contributed by atoms with Crippen LogP contribution in [0.1, 0.15) is 16.7 Å². The fourth-order valence-electron chi connectivity index (χ4n) is 3.39. The van der Waals surface area contributed by atoms with Crippen LogP contribution in [0.3, 0.4) is 0 Å². The molecule has 3 aromatic carbocycles. The number of halogens is 2. The molecule has 0 aliphatic rings. The van der Waals surface area contributed by atoms with Crippen molar-refractivity contribution in [3.63, 3.8) is 0 Å². The topological polar surface area (TPSA) is 101 Å². The van der Waals surface area contributed by atoms with E-state index in [2.05, 4.69) is 19.7 Å². The molecule has 0 unspecified atom stereocenters. The van der Waals surface area contributed by atoms with Gasteiger partial charge in [-0.15, -0.1) is 0 Å². The maximum Gasteiger partial charge on any atom is 0.135 e. The molecular weight excluding hydrogens is 439 g/mol. The van der Waals surface area contributed by atoms with Crippen molar-refractivity contribution in [2.45, 2.75) is 0 Å². The lowest BCUT2D eigenvalue weighted by Crippen LogP contribution is -1.92. The predicted octanol–water partition coefficient (Wildman–Crippen LogP) is 6.78. The summed E-state index contributed by atoms with van der Waals surface area (Å²) in [6.45, 7) is 10.9. The third kappa shape index (κ3) is 3.58. The smallest absolute Gasteiger partial charge is 0.135 e. The molecule has 3 aromatic rings. The summed E-state index contributed by atoms with van der Waals surface area (Å²) in [6.07, 6.45) is 4.09. The number of rotatable bonds is 5. The first-order valence-electron chi connectivity index (χ1n) is 8.90. The van der Waals surface area contributed by atoms with E-state index < -0.39 is 0 Å². The molecular formula is C24H18Cl2O5. The van der Waals surface area contributed by atoms with Gasteiger partial charge in [-0.1, -0.05) is 61.2 Å². The highest BCUT2D eigenvalue weighted by atomic mass is 35.5. The Morgan fingerprint density at radius 3 is 1.45 bits per heavy atom. The third-order valence-corrected chi connectivity index (χ3v) is 5.50. The molecule has 158 valence electrons. The summed E-state index contributed by atoms with van der Waals surface area (Å²) < 4.78 is 0. The van der Waals surface area contributed by atoms with E-state index in [1.165, 1.54) is 42.5 Å². The van der Waals surface area contributed by atoms with Crippen LogP contribution in [-0.4, -0.2) is 25.5 Å². The van der Waals surface area contributed by atoms with Gasteiger partial charge in [0.2, 0.25) is 0 Å². The Kier molecular flexibility index (Phi) is 5.93. The van der Waals surface area contributed by atoms with Crippen molar-refractivity contribution in [2.24, 2.45) is 0 Å². The van der Waals surface area contributed by atoms with E-state index in [0.29, 0.717) is 5.56 Å². The molecule has 0 aliphatic heterocycles. The highest BCUT2D eigenvalue weighted by Gasteiger charge is 2.23. The Morgan fingerprint density at radius 2 is 1.03 bits per heavy atom. The quantitative estimate of drug-likeness (QED) is 0.291. The number of phenolic OH excluding ortho intramolecular Hbond substituents is 5. The van der Waals surface area contributed by atoms with Crippen molar-refractivity contribution >= 4 is 41.4 Å². The van der Waals surface area contributed by atoms with Gasteiger partial charge < -0.3 is 25.5 Å². The summed E-state index contributed by atoms with van der Waals surface area (Å²) in [5, 5.41) is 53.0. The molecule has 0 aromatic heterocycles. The molecule has 0 atom stereocenters. The zero-order valence-corrected chi connectivity index (χ0v) is 17.7. The second-order valence-corrected chi connectivity index (χ2v) is 7.41. The highest BCUT2D eigenvalue weighted by molar-refractivity contribution is 6.33. The molecule has 0 amide bonds. The van der Waals surface area contributed by atoms with Crippen LogP contribution in [0.15, 0.2) is 44.0 Å². The van der Waals surface area contributed by atoms with Gasteiger partial charge in [0.1, 0.15) is 28.7 Å². The minimum absolute atomic E-state index is 0.00683. The second-order valence-electron chi connectivity index (χ2n) is 6.60. The molecule has 3 rings (SSSR count). The van der Waals surface area contributed by atoms with E-state index in [4.69, 9.17) is 23.2 Å². The summed E-state index contributed by atoms with van der Waals surface area (Å²) >= 11 is 12.1. The highest BCUT2D eigenvalue weighted by Crippen LogP contribution is 2.50. The monoisotopic (exact) mass is 456 g/mol. The zero-order chi connectivity index (χ0) is 23.0. The van der Waals surface area contributed by atoms with Crippen LogP contribution in [0.5, 0.6) is 28.7 Å². The van der Waals surface area contributed by atoms with E-state index in [0.717, 1.165) is 0 Å². The molecule has 0 aliphatic carbocycles. The van der Waals surface area contributed by atoms with Crippen molar-refractivity contribution in [3.8, 4) is 51.0 Å². The number of hydrogen-bond donors (Lipinski definition) is 5. The first kappa shape index (κ1) is 22.2. The third-order valence-electron chi connectivity index (χ3n) is 4.87. The molecule has 0 spiro atoms. The minimum Gasteiger partial charge on any atom is -0.507 e. The molecule has 0 fully saturated rings. The van der Waals surface area contributed by atoms with Crippen molar-refractivity contribution in [3.05, 3.63) is 70.7 Å². The van der Waals surface area contributed by atoms with E-state index in [1.54, 1.807) is 0 Å². The van der Waals surface area contributed by atoms with Gasteiger partial charge in [0.15, 0.2) is 0 Å². The van der Waals surface area contributed by atoms with Crippen molar-refractivity contribution in [1.82, 2.24) is 0 Å². The van der Waals surface area contributed by atoms with Crippen LogP contribution in [0.2, 0.25) is 10.0 Å². The predicted molar refractivity (Wildman–Crippen MR) is 126 cm³/mol. The molecule has 0 radical (unpaired) electrons. The Hall–Kier alpha value is -3.54. The number of phenols is 5. The first-order valence-corrected chi connectivity index (χ1v) is 9.65. The van der Waals surface area contributed by atoms with Crippen molar-refractivity contribution < 1.29 is 25.5 Å². The van der Waals surface area contributed by atoms with Gasteiger partial charge >= 0.3 is 0 Å². The van der Waals surface area contributed by atoms with E-state index in [9.17, 15) is 25.5 Å². The van der Waals surface area contributed by atoms with Gasteiger partial charge in [-0.3, -0.25) is 0 Å². The molecule has 7 heteroatoms. The zero-order valence-electron chi connectivity index (χ0n) is 16.2. The van der Waals surface area contributed by atoms with Crippen LogP contribution in [0.4, 0.5) is 0 Å². The summed E-state index contributed by atoms with van der Waals surface area (Å²) in [5.74, 6) is -1.74. The fraction of sp³-hybridized carbons (Fsp3) is 0. The van der Waals surface area contributed by atoms with Gasteiger partial charge in [0, 0.05) is 34.4 Å². The van der Waals surface area contributed by atoms with Gasteiger partial charge in [-0.25, -0.2) is 0 Å². The number of aromatic hydroxyl groups is 5. The lowest BCUT2D eigenvalue weighted by atomic mass is 9.90. The summed E-state index contributed by atoms with van der Waals surface area (Å²) in [5.41, 5.74) is 1.02. The maximum atomic E-state index is 10.7. The average molecular weight is 457 g/mol. The molecule has 0 saturated heterocycles. The van der Waals surface area contributed by atoms with Crippen LogP contribution in [-0.2, 0) is 0 Å². The molecule has 0 saturated carbocycles. The Bertz CT molecular complexity index is 1260. The maximum absolute atomic E-state index is 10.7. The Labute approximate surface area is 188 Å². The van der Waals surface area contributed by atoms with E-state index in [-0.39, 0.29) is 72.2 Å². The molecule has 5 nitrogen and oxygen atoms in total. The summed E-state index contributed by atoms with van der Waals surface area (Å²) in [4.78, 5) is 0. The van der Waals surface area contributed by atoms with Gasteiger partial charge in [0.25, 0.3) is 0 Å². The molecule has 0 bridgehead atoms. The van der Waals surface area contributed by atoms with Gasteiger partial charge in [0.05, 0.1) is 21.2 Å². The number of benzene rings is 3. The standard InChI is InChI=1S/C24H18Cl2O5/c1-4-11-7-15(22-20(29)10-17(26)13(6-3)24(22)31)18(27)8-14(11)21-19(28)9-16(25)12(5-2)23(21)30/h4-10,27-31H,1-3H2. The molecule has 5 N–H and O–H groups in total. The average Bonchev–Trinajstić information content (AvgIpc) is 2.69. The van der Waals surface area contributed by atoms with Gasteiger partial charge in [-0.05, 0) is 17.7 Å². The van der Waals surface area contributed by atoms with E-state index in [1.807, 2.05) is 0 Å². The minimum atomic E-state index is -0.371. The summed E-state index contributed by atoms with van der Waals surface area (Å²) in [7, 11) is 0. The second kappa shape index (κ2) is 8.30. The normalized spacial score (nSPS) is 10.6. The lowest BCUT2D eigenvalue weighted by molar-refractivity contribution is 0.448. The van der Waals surface area contributed by atoms with Crippen molar-refractivity contribution in [1.29, 1.82) is 0 Å². The Balaban J connectivity index is 2.37. The fourth-order valence-corrected chi connectivity index (χ4v) is 3.93. The SMILES string of the molecule is C=Cc1cc(-c2c(O)cc(Cl)c(C=C)c2O)c(O)cc1-c1c(O)cc(Cl)c(C=C)c1O. The van der Waals surface area contributed by atoms with Crippen molar-refractivity contribution in [2.75, 3.05) is 0 Å². The summed E-state index contributed by atoms with van der Waals surface area (Å²) in [6, 6.07) is 5.18. The first-order chi connectivity index (χ1) is 14.7. The lowest BCUT2D eigenvalue weighted by Gasteiger charge is -2.18. The van der Waals surface area contributed by atoms with E-state index >= 15 is 0 Å². The number of hydrogen-bond acceptors (Lipinski definition) is 5. The largest absolute Gasteiger partial charge is 0.507 e. The van der Waals surface area contributed by atoms with Crippen LogP contribution in [0.25, 0.3) is 40.5 Å². The van der Waals surface area contributed by atoms with Crippen LogP contribution >= 0.6 is 23.2 Å². The van der Waals surface area contributed by atoms with Crippen LogP contribution < -0.4 is 0 Å².